The van der Waals surface area contributed by atoms with Crippen molar-refractivity contribution in [2.45, 2.75) is 6.10 Å². The highest BCUT2D eigenvalue weighted by Gasteiger charge is 2.25. The van der Waals surface area contributed by atoms with Crippen molar-refractivity contribution in [3.05, 3.63) is 0 Å². The average molecular weight is 176 g/mol. The Morgan fingerprint density at radius 1 is 1.00 bits per heavy atom. The first kappa shape index (κ1) is 11.2. The van der Waals surface area contributed by atoms with Crippen LogP contribution in [0.15, 0.2) is 0 Å². The summed E-state index contributed by atoms with van der Waals surface area (Å²) in [7, 11) is 0. The molecule has 12 heavy (non-hydrogen) atoms. The summed E-state index contributed by atoms with van der Waals surface area (Å²) in [5.74, 6) is -2.01. The van der Waals surface area contributed by atoms with E-state index in [1.165, 1.54) is 0 Å². The minimum Gasteiger partial charge on any atom is -0.396 e. The molecule has 0 radical (unpaired) electrons. The van der Waals surface area contributed by atoms with Crippen LogP contribution in [0.25, 0.3) is 0 Å². The molecule has 0 aromatic rings. The number of hydrogen-bond donors (Lipinski definition) is 3. The summed E-state index contributed by atoms with van der Waals surface area (Å²) in [6.07, 6.45) is -0.594. The van der Waals surface area contributed by atoms with Gasteiger partial charge in [-0.15, -0.1) is 0 Å². The third kappa shape index (κ3) is 2.69. The van der Waals surface area contributed by atoms with Gasteiger partial charge in [0.15, 0.2) is 0 Å². The first-order chi connectivity index (χ1) is 5.71. The number of carbonyl (C=O) groups excluding carboxylic acids is 2. The molecule has 3 N–H and O–H groups in total. The summed E-state index contributed by atoms with van der Waals surface area (Å²) in [4.78, 5) is 20.4. The molecule has 2 atom stereocenters. The molecular weight excluding hydrogens is 164 g/mol. The maximum absolute atomic E-state index is 10.2. The van der Waals surface area contributed by atoms with Gasteiger partial charge in [-0.05, 0) is 0 Å². The Labute approximate surface area is 69.6 Å². The van der Waals surface area contributed by atoms with Gasteiger partial charge in [-0.3, -0.25) is 0 Å². The highest BCUT2D eigenvalue weighted by Crippen LogP contribution is 2.09. The van der Waals surface area contributed by atoms with E-state index in [0.717, 1.165) is 0 Å². The van der Waals surface area contributed by atoms with Crippen LogP contribution in [0.5, 0.6) is 0 Å². The van der Waals surface area contributed by atoms with Crippen LogP contribution in [-0.2, 0) is 9.59 Å². The van der Waals surface area contributed by atoms with E-state index in [4.69, 9.17) is 10.2 Å². The van der Waals surface area contributed by atoms with Crippen LogP contribution in [0.4, 0.5) is 0 Å². The number of aliphatic hydroxyl groups is 3. The van der Waals surface area contributed by atoms with E-state index in [1.807, 2.05) is 0 Å². The zero-order valence-corrected chi connectivity index (χ0v) is 6.46. The molecule has 0 amide bonds. The maximum atomic E-state index is 10.2. The van der Waals surface area contributed by atoms with Crippen molar-refractivity contribution < 1.29 is 24.9 Å². The second-order valence-corrected chi connectivity index (χ2v) is 2.46. The third-order valence-corrected chi connectivity index (χ3v) is 1.65. The minimum absolute atomic E-state index is 0.358. The lowest BCUT2D eigenvalue weighted by molar-refractivity contribution is -0.123. The van der Waals surface area contributed by atoms with Crippen LogP contribution < -0.4 is 0 Å². The van der Waals surface area contributed by atoms with Gasteiger partial charge in [0.05, 0.1) is 31.2 Å². The molecule has 5 nitrogen and oxygen atoms in total. The van der Waals surface area contributed by atoms with Gasteiger partial charge in [0.1, 0.15) is 12.6 Å². The summed E-state index contributed by atoms with van der Waals surface area (Å²) in [5.41, 5.74) is 0. The summed E-state index contributed by atoms with van der Waals surface area (Å²) in [5, 5.41) is 26.3. The number of aliphatic hydroxyl groups excluding tert-OH is 3. The molecule has 0 aliphatic rings. The predicted octanol–water partition coefficient (Wildman–Crippen LogP) is -2.04. The lowest BCUT2D eigenvalue weighted by Crippen LogP contribution is -2.35. The Bertz CT molecular complexity index is 131. The molecule has 0 rings (SSSR count). The molecule has 0 heterocycles. The molecule has 70 valence electrons. The van der Waals surface area contributed by atoms with Crippen LogP contribution in [0.1, 0.15) is 0 Å². The number of aldehydes is 2. The van der Waals surface area contributed by atoms with Crippen molar-refractivity contribution in [3.63, 3.8) is 0 Å². The lowest BCUT2D eigenvalue weighted by atomic mass is 9.94. The summed E-state index contributed by atoms with van der Waals surface area (Å²) in [6.45, 7) is -1.07. The van der Waals surface area contributed by atoms with Crippen molar-refractivity contribution in [3.8, 4) is 0 Å². The monoisotopic (exact) mass is 176 g/mol. The topological polar surface area (TPSA) is 94.8 Å². The van der Waals surface area contributed by atoms with Gasteiger partial charge in [-0.25, -0.2) is 0 Å². The Morgan fingerprint density at radius 3 is 1.50 bits per heavy atom. The first-order valence-corrected chi connectivity index (χ1v) is 3.51. The summed E-state index contributed by atoms with van der Waals surface area (Å²) >= 11 is 0. The molecule has 0 bridgehead atoms. The molecule has 0 aromatic heterocycles. The van der Waals surface area contributed by atoms with E-state index in [2.05, 4.69) is 0 Å². The fraction of sp³-hybridized carbons (Fsp3) is 0.714. The molecule has 0 aliphatic heterocycles. The van der Waals surface area contributed by atoms with Crippen LogP contribution >= 0.6 is 0 Å². The predicted molar refractivity (Wildman–Crippen MR) is 39.3 cm³/mol. The van der Waals surface area contributed by atoms with Gasteiger partial charge >= 0.3 is 0 Å². The van der Waals surface area contributed by atoms with E-state index in [1.54, 1.807) is 0 Å². The van der Waals surface area contributed by atoms with E-state index in [-0.39, 0.29) is 0 Å². The molecule has 5 heteroatoms. The molecule has 0 fully saturated rings. The van der Waals surface area contributed by atoms with Crippen molar-refractivity contribution in [1.82, 2.24) is 0 Å². The highest BCUT2D eigenvalue weighted by atomic mass is 16.3. The lowest BCUT2D eigenvalue weighted by Gasteiger charge is -2.19. The minimum atomic E-state index is -1.31. The number of carbonyl (C=O) groups is 2. The molecular formula is C7H12O5. The normalized spacial score (nSPS) is 17.9. The average Bonchev–Trinajstić information content (AvgIpc) is 2.09. The van der Waals surface area contributed by atoms with Gasteiger partial charge in [-0.1, -0.05) is 0 Å². The van der Waals surface area contributed by atoms with E-state index in [0.29, 0.717) is 12.6 Å². The Balaban J connectivity index is 4.20. The molecule has 0 saturated heterocycles. The van der Waals surface area contributed by atoms with E-state index < -0.39 is 31.2 Å². The largest absolute Gasteiger partial charge is 0.396 e. The van der Waals surface area contributed by atoms with Gasteiger partial charge < -0.3 is 24.9 Å². The zero-order valence-electron chi connectivity index (χ0n) is 6.46. The second kappa shape index (κ2) is 5.82. The smallest absolute Gasteiger partial charge is 0.127 e. The third-order valence-electron chi connectivity index (χ3n) is 1.65. The van der Waals surface area contributed by atoms with Crippen LogP contribution in [0, 0.1) is 11.8 Å². The fourth-order valence-corrected chi connectivity index (χ4v) is 0.781. The molecule has 0 spiro atoms. The zero-order chi connectivity index (χ0) is 9.56. The standard InChI is InChI=1S/C7H12O5/c8-1-5(2-9)7(12)6(3-10)4-11/h1,3,5-7,9,11-12H,2,4H2. The van der Waals surface area contributed by atoms with Gasteiger partial charge in [0.2, 0.25) is 0 Å². The van der Waals surface area contributed by atoms with Crippen molar-refractivity contribution in [2.24, 2.45) is 11.8 Å². The van der Waals surface area contributed by atoms with Crippen LogP contribution in [0.3, 0.4) is 0 Å². The molecule has 2 unspecified atom stereocenters. The van der Waals surface area contributed by atoms with Gasteiger partial charge in [0, 0.05) is 0 Å². The highest BCUT2D eigenvalue weighted by molar-refractivity contribution is 5.59. The Hall–Kier alpha value is -0.780. The quantitative estimate of drug-likeness (QED) is 0.405. The van der Waals surface area contributed by atoms with Crippen molar-refractivity contribution >= 4 is 12.6 Å². The van der Waals surface area contributed by atoms with E-state index in [9.17, 15) is 14.7 Å². The molecule has 0 aliphatic carbocycles. The summed E-state index contributed by atoms with van der Waals surface area (Å²) in [6, 6.07) is 0. The number of rotatable bonds is 6. The molecule has 0 aromatic carbocycles. The van der Waals surface area contributed by atoms with Gasteiger partial charge in [0.25, 0.3) is 0 Å². The Kier molecular flexibility index (Phi) is 5.44. The van der Waals surface area contributed by atoms with Crippen molar-refractivity contribution in [2.75, 3.05) is 13.2 Å². The van der Waals surface area contributed by atoms with Crippen LogP contribution in [-0.4, -0.2) is 47.2 Å². The maximum Gasteiger partial charge on any atom is 0.127 e. The first-order valence-electron chi connectivity index (χ1n) is 3.51. The fourth-order valence-electron chi connectivity index (χ4n) is 0.781. The summed E-state index contributed by atoms with van der Waals surface area (Å²) < 4.78 is 0. The van der Waals surface area contributed by atoms with E-state index >= 15 is 0 Å². The van der Waals surface area contributed by atoms with Crippen molar-refractivity contribution in [1.29, 1.82) is 0 Å². The molecule has 0 saturated carbocycles. The van der Waals surface area contributed by atoms with Crippen LogP contribution in [0.2, 0.25) is 0 Å². The Morgan fingerprint density at radius 2 is 1.33 bits per heavy atom. The number of hydrogen-bond acceptors (Lipinski definition) is 5. The SMILES string of the molecule is O=CC(CO)C(O)C(C=O)CO. The second-order valence-electron chi connectivity index (χ2n) is 2.46. The van der Waals surface area contributed by atoms with Gasteiger partial charge in [-0.2, -0.15) is 0 Å².